The maximum Gasteiger partial charge on any atom is 0.143 e. The van der Waals surface area contributed by atoms with Crippen LogP contribution < -0.4 is 10.1 Å². The van der Waals surface area contributed by atoms with Crippen molar-refractivity contribution in [1.29, 1.82) is 0 Å². The van der Waals surface area contributed by atoms with Crippen LogP contribution in [0.25, 0.3) is 0 Å². The third kappa shape index (κ3) is 3.24. The zero-order valence-corrected chi connectivity index (χ0v) is 14.5. The van der Waals surface area contributed by atoms with Crippen molar-refractivity contribution in [2.75, 3.05) is 11.9 Å². The van der Waals surface area contributed by atoms with Crippen LogP contribution in [0.5, 0.6) is 5.75 Å². The van der Waals surface area contributed by atoms with Crippen molar-refractivity contribution in [3.63, 3.8) is 0 Å². The number of pyridine rings is 1. The summed E-state index contributed by atoms with van der Waals surface area (Å²) in [5.41, 5.74) is 1.81. The Morgan fingerprint density at radius 3 is 2.81 bits per heavy atom. The summed E-state index contributed by atoms with van der Waals surface area (Å²) in [6, 6.07) is 5.50. The molecule has 7 heteroatoms. The molecular formula is C14H10BrCl3N2O. The number of ether oxygens (including phenoxy) is 1. The van der Waals surface area contributed by atoms with Crippen molar-refractivity contribution in [2.45, 2.75) is 12.5 Å². The highest BCUT2D eigenvalue weighted by Gasteiger charge is 2.24. The van der Waals surface area contributed by atoms with Gasteiger partial charge >= 0.3 is 0 Å². The maximum atomic E-state index is 6.19. The molecule has 0 amide bonds. The van der Waals surface area contributed by atoms with Crippen molar-refractivity contribution < 1.29 is 4.74 Å². The molecular weight excluding hydrogens is 398 g/mol. The van der Waals surface area contributed by atoms with E-state index >= 15 is 0 Å². The zero-order chi connectivity index (χ0) is 15.0. The number of hydrogen-bond acceptors (Lipinski definition) is 3. The molecule has 0 radical (unpaired) electrons. The van der Waals surface area contributed by atoms with E-state index in [4.69, 9.17) is 39.5 Å². The van der Waals surface area contributed by atoms with Gasteiger partial charge < -0.3 is 10.1 Å². The summed E-state index contributed by atoms with van der Waals surface area (Å²) in [7, 11) is 0. The Morgan fingerprint density at radius 2 is 2.05 bits per heavy atom. The number of rotatable bonds is 2. The van der Waals surface area contributed by atoms with E-state index in [1.807, 2.05) is 12.1 Å². The van der Waals surface area contributed by atoms with Gasteiger partial charge in [-0.25, -0.2) is 4.98 Å². The largest absolute Gasteiger partial charge is 0.492 e. The fourth-order valence-electron chi connectivity index (χ4n) is 2.28. The molecule has 3 rings (SSSR count). The van der Waals surface area contributed by atoms with Gasteiger partial charge in [0.1, 0.15) is 10.9 Å². The van der Waals surface area contributed by atoms with E-state index in [0.29, 0.717) is 27.6 Å². The summed E-state index contributed by atoms with van der Waals surface area (Å²) in [5, 5.41) is 4.96. The van der Waals surface area contributed by atoms with E-state index in [9.17, 15) is 0 Å². The molecule has 0 fully saturated rings. The minimum absolute atomic E-state index is 0.0554. The summed E-state index contributed by atoms with van der Waals surface area (Å²) in [5.74, 6) is 0.686. The number of fused-ring (bicyclic) bond motifs is 1. The molecule has 2 aromatic rings. The predicted octanol–water partition coefficient (Wildman–Crippen LogP) is 5.74. The highest BCUT2D eigenvalue weighted by Crippen LogP contribution is 2.41. The van der Waals surface area contributed by atoms with E-state index in [2.05, 4.69) is 26.2 Å². The number of aromatic nitrogens is 1. The topological polar surface area (TPSA) is 34.2 Å². The lowest BCUT2D eigenvalue weighted by atomic mass is 10.0. The molecule has 1 aromatic carbocycles. The Labute approximate surface area is 145 Å². The number of nitrogens with one attached hydrogen (secondary N) is 1. The first kappa shape index (κ1) is 15.2. The predicted molar refractivity (Wildman–Crippen MR) is 89.9 cm³/mol. The second-order valence-electron chi connectivity index (χ2n) is 4.64. The molecule has 1 unspecified atom stereocenters. The molecule has 21 heavy (non-hydrogen) atoms. The molecule has 0 saturated heterocycles. The van der Waals surface area contributed by atoms with Gasteiger partial charge in [-0.2, -0.15) is 0 Å². The van der Waals surface area contributed by atoms with Gasteiger partial charge in [-0.3, -0.25) is 0 Å². The molecule has 0 aliphatic carbocycles. The Bertz CT molecular complexity index is 696. The first-order valence-electron chi connectivity index (χ1n) is 6.24. The Balaban J connectivity index is 1.93. The lowest BCUT2D eigenvalue weighted by Crippen LogP contribution is -2.20. The summed E-state index contributed by atoms with van der Waals surface area (Å²) < 4.78 is 6.38. The maximum absolute atomic E-state index is 6.19. The Morgan fingerprint density at radius 1 is 1.24 bits per heavy atom. The summed E-state index contributed by atoms with van der Waals surface area (Å²) in [6.07, 6.45) is 2.50. The van der Waals surface area contributed by atoms with Crippen LogP contribution in [0, 0.1) is 0 Å². The molecule has 3 nitrogen and oxygen atoms in total. The van der Waals surface area contributed by atoms with E-state index in [1.165, 1.54) is 0 Å². The van der Waals surface area contributed by atoms with E-state index < -0.39 is 0 Å². The fourth-order valence-corrected chi connectivity index (χ4v) is 3.29. The second-order valence-corrected chi connectivity index (χ2v) is 6.69. The van der Waals surface area contributed by atoms with Crippen LogP contribution in [0.3, 0.4) is 0 Å². The van der Waals surface area contributed by atoms with Crippen LogP contribution in [0.4, 0.5) is 5.69 Å². The Hall–Kier alpha value is -0.680. The molecule has 0 saturated carbocycles. The molecule has 2 heterocycles. The molecule has 1 atom stereocenters. The monoisotopic (exact) mass is 406 g/mol. The lowest BCUT2D eigenvalue weighted by molar-refractivity contribution is 0.274. The highest BCUT2D eigenvalue weighted by atomic mass is 79.9. The van der Waals surface area contributed by atoms with Gasteiger partial charge in [-0.1, -0.05) is 34.8 Å². The minimum Gasteiger partial charge on any atom is -0.492 e. The first-order chi connectivity index (χ1) is 10.0. The highest BCUT2D eigenvalue weighted by molar-refractivity contribution is 9.10. The van der Waals surface area contributed by atoms with Crippen molar-refractivity contribution in [3.05, 3.63) is 49.6 Å². The number of hydrogen-bond donors (Lipinski definition) is 1. The minimum atomic E-state index is 0.0554. The van der Waals surface area contributed by atoms with Gasteiger partial charge in [0, 0.05) is 17.0 Å². The van der Waals surface area contributed by atoms with Crippen LogP contribution in [0.2, 0.25) is 15.2 Å². The average Bonchev–Trinajstić information content (AvgIpc) is 2.44. The number of benzene rings is 1. The second kappa shape index (κ2) is 6.21. The van der Waals surface area contributed by atoms with E-state index in [-0.39, 0.29) is 6.04 Å². The lowest BCUT2D eigenvalue weighted by Gasteiger charge is -2.28. The number of nitrogens with zero attached hydrogens (tertiary/aromatic N) is 1. The van der Waals surface area contributed by atoms with Crippen LogP contribution in [0.1, 0.15) is 18.0 Å². The normalized spacial score (nSPS) is 17.0. The van der Waals surface area contributed by atoms with Gasteiger partial charge in [0.25, 0.3) is 0 Å². The average molecular weight is 409 g/mol. The van der Waals surface area contributed by atoms with Gasteiger partial charge in [-0.15, -0.1) is 0 Å². The smallest absolute Gasteiger partial charge is 0.143 e. The number of halogens is 4. The molecule has 110 valence electrons. The SMILES string of the molecule is Clc1cc(Cl)c2c(c1)C(Nc1cnc(Cl)c(Br)c1)CCO2. The third-order valence-corrected chi connectivity index (χ3v) is 4.84. The summed E-state index contributed by atoms with van der Waals surface area (Å²) in [4.78, 5) is 4.11. The third-order valence-electron chi connectivity index (χ3n) is 3.20. The van der Waals surface area contributed by atoms with Crippen LogP contribution in [-0.2, 0) is 0 Å². The molecule has 0 spiro atoms. The van der Waals surface area contributed by atoms with Crippen molar-refractivity contribution >= 4 is 56.4 Å². The summed E-state index contributed by atoms with van der Waals surface area (Å²) in [6.45, 7) is 0.591. The first-order valence-corrected chi connectivity index (χ1v) is 8.16. The quantitative estimate of drug-likeness (QED) is 0.644. The van der Waals surface area contributed by atoms with Crippen molar-refractivity contribution in [2.24, 2.45) is 0 Å². The van der Waals surface area contributed by atoms with Crippen molar-refractivity contribution in [3.8, 4) is 5.75 Å². The van der Waals surface area contributed by atoms with Gasteiger partial charge in [0.05, 0.1) is 34.0 Å². The van der Waals surface area contributed by atoms with E-state index in [0.717, 1.165) is 22.1 Å². The van der Waals surface area contributed by atoms with Gasteiger partial charge in [0.2, 0.25) is 0 Å². The van der Waals surface area contributed by atoms with Crippen molar-refractivity contribution in [1.82, 2.24) is 4.98 Å². The number of anilines is 1. The van der Waals surface area contributed by atoms with Crippen LogP contribution in [0.15, 0.2) is 28.9 Å². The molecule has 1 aromatic heterocycles. The van der Waals surface area contributed by atoms with Gasteiger partial charge in [0.15, 0.2) is 0 Å². The molecule has 0 bridgehead atoms. The van der Waals surface area contributed by atoms with Gasteiger partial charge in [-0.05, 0) is 34.1 Å². The molecule has 1 N–H and O–H groups in total. The molecule has 1 aliphatic rings. The standard InChI is InChI=1S/C14H10BrCl3N2O/c15-10-5-8(6-19-14(10)18)20-12-1-2-21-13-9(12)3-7(16)4-11(13)17/h3-6,12,20H,1-2H2. The van der Waals surface area contributed by atoms with E-state index in [1.54, 1.807) is 12.3 Å². The van der Waals surface area contributed by atoms with Crippen LogP contribution >= 0.6 is 50.7 Å². The zero-order valence-electron chi connectivity index (χ0n) is 10.7. The van der Waals surface area contributed by atoms with Crippen LogP contribution in [-0.4, -0.2) is 11.6 Å². The Kier molecular flexibility index (Phi) is 4.50. The fraction of sp³-hybridized carbons (Fsp3) is 0.214. The summed E-state index contributed by atoms with van der Waals surface area (Å²) >= 11 is 21.5. The molecule has 1 aliphatic heterocycles.